The molecule has 7 heteroatoms. The largest absolute Gasteiger partial charge is 0.465 e. The first kappa shape index (κ1) is 26.4. The van der Waals surface area contributed by atoms with Gasteiger partial charge in [0.25, 0.3) is 0 Å². The molecule has 0 bridgehead atoms. The van der Waals surface area contributed by atoms with Crippen LogP contribution in [0.1, 0.15) is 51.7 Å². The van der Waals surface area contributed by atoms with E-state index in [0.29, 0.717) is 31.4 Å². The van der Waals surface area contributed by atoms with Crippen LogP contribution in [-0.4, -0.2) is 48.7 Å². The first-order chi connectivity index (χ1) is 16.7. The van der Waals surface area contributed by atoms with Crippen LogP contribution in [0.4, 0.5) is 5.69 Å². The van der Waals surface area contributed by atoms with Gasteiger partial charge in [-0.15, -0.1) is 0 Å². The molecule has 0 saturated carbocycles. The molecule has 0 spiro atoms. The smallest absolute Gasteiger partial charge is 0.326 e. The standard InChI is InChI=1S/C28H36N2O5/c1-5-34-27(33)23(17-15-20-11-7-6-8-12-20)29-22-18-16-21-13-9-10-14-24(21)30(26(22)32)19-25(31)35-28(2,3)4/h6-14,22-23,29H,5,15-19H2,1-4H3/t22-,23+/m0/s1. The Hall–Kier alpha value is -3.19. The number of benzene rings is 2. The highest BCUT2D eigenvalue weighted by atomic mass is 16.6. The number of esters is 2. The van der Waals surface area contributed by atoms with E-state index in [9.17, 15) is 14.4 Å². The molecule has 1 aliphatic rings. The maximum atomic E-state index is 13.7. The third-order valence-corrected chi connectivity index (χ3v) is 5.79. The minimum absolute atomic E-state index is 0.195. The molecule has 1 amide bonds. The molecule has 0 fully saturated rings. The van der Waals surface area contributed by atoms with Crippen molar-refractivity contribution in [2.45, 2.75) is 71.1 Å². The van der Waals surface area contributed by atoms with Crippen molar-refractivity contribution >= 4 is 23.5 Å². The number of aryl methyl sites for hydroxylation is 2. The summed E-state index contributed by atoms with van der Waals surface area (Å²) in [4.78, 5) is 40.6. The number of ether oxygens (including phenoxy) is 2. The van der Waals surface area contributed by atoms with Crippen molar-refractivity contribution in [1.82, 2.24) is 5.32 Å². The molecule has 1 aliphatic heterocycles. The zero-order chi connectivity index (χ0) is 25.4. The summed E-state index contributed by atoms with van der Waals surface area (Å²) in [5, 5.41) is 3.27. The molecule has 0 aliphatic carbocycles. The molecule has 2 aromatic rings. The van der Waals surface area contributed by atoms with Gasteiger partial charge in [-0.2, -0.15) is 0 Å². The van der Waals surface area contributed by atoms with E-state index in [1.807, 2.05) is 54.6 Å². The SMILES string of the molecule is CCOC(=O)[C@@H](CCc1ccccc1)N[C@H]1CCc2ccccc2N(CC(=O)OC(C)(C)C)C1=O. The summed E-state index contributed by atoms with van der Waals surface area (Å²) in [6.45, 7) is 7.22. The van der Waals surface area contributed by atoms with Crippen LogP contribution in [0.15, 0.2) is 54.6 Å². The lowest BCUT2D eigenvalue weighted by Crippen LogP contribution is -2.53. The first-order valence-corrected chi connectivity index (χ1v) is 12.3. The number of hydrogen-bond donors (Lipinski definition) is 1. The molecule has 0 saturated heterocycles. The van der Waals surface area contributed by atoms with Crippen molar-refractivity contribution in [2.24, 2.45) is 0 Å². The van der Waals surface area contributed by atoms with Crippen LogP contribution in [0.25, 0.3) is 0 Å². The fourth-order valence-electron chi connectivity index (χ4n) is 4.25. The summed E-state index contributed by atoms with van der Waals surface area (Å²) in [6, 6.07) is 16.2. The second-order valence-electron chi connectivity index (χ2n) is 9.73. The number of hydrogen-bond acceptors (Lipinski definition) is 6. The van der Waals surface area contributed by atoms with Crippen LogP contribution in [-0.2, 0) is 36.7 Å². The van der Waals surface area contributed by atoms with E-state index in [4.69, 9.17) is 9.47 Å². The molecular formula is C28H36N2O5. The Kier molecular flexibility index (Phi) is 9.04. The van der Waals surface area contributed by atoms with Gasteiger partial charge in [0.1, 0.15) is 18.2 Å². The third kappa shape index (κ3) is 7.65. The van der Waals surface area contributed by atoms with Gasteiger partial charge in [-0.05, 0) is 70.6 Å². The summed E-state index contributed by atoms with van der Waals surface area (Å²) < 4.78 is 10.8. The number of carbonyl (C=O) groups excluding carboxylic acids is 3. The highest BCUT2D eigenvalue weighted by Gasteiger charge is 2.35. The maximum Gasteiger partial charge on any atom is 0.326 e. The highest BCUT2D eigenvalue weighted by molar-refractivity contribution is 6.02. The number of para-hydroxylation sites is 1. The van der Waals surface area contributed by atoms with Crippen LogP contribution in [0, 0.1) is 0 Å². The molecule has 35 heavy (non-hydrogen) atoms. The summed E-state index contributed by atoms with van der Waals surface area (Å²) >= 11 is 0. The minimum Gasteiger partial charge on any atom is -0.465 e. The molecule has 188 valence electrons. The fraction of sp³-hybridized carbons (Fsp3) is 0.464. The molecule has 1 heterocycles. The van der Waals surface area contributed by atoms with Gasteiger partial charge in [0.2, 0.25) is 5.91 Å². The summed E-state index contributed by atoms with van der Waals surface area (Å²) in [5.41, 5.74) is 2.13. The molecular weight excluding hydrogens is 444 g/mol. The second kappa shape index (κ2) is 12.0. The van der Waals surface area contributed by atoms with Crippen LogP contribution in [0.5, 0.6) is 0 Å². The summed E-state index contributed by atoms with van der Waals surface area (Å²) in [6.07, 6.45) is 2.30. The zero-order valence-electron chi connectivity index (χ0n) is 21.1. The van der Waals surface area contributed by atoms with Crippen LogP contribution in [0.2, 0.25) is 0 Å². The van der Waals surface area contributed by atoms with Crippen molar-refractivity contribution in [3.8, 4) is 0 Å². The number of anilines is 1. The lowest BCUT2D eigenvalue weighted by molar-refractivity contribution is -0.154. The Morgan fingerprint density at radius 3 is 2.46 bits per heavy atom. The number of carbonyl (C=O) groups is 3. The average molecular weight is 481 g/mol. The van der Waals surface area contributed by atoms with Crippen LogP contribution < -0.4 is 10.2 Å². The van der Waals surface area contributed by atoms with Crippen molar-refractivity contribution in [3.05, 3.63) is 65.7 Å². The number of rotatable bonds is 9. The Morgan fingerprint density at radius 1 is 1.09 bits per heavy atom. The van der Waals surface area contributed by atoms with Crippen molar-refractivity contribution in [1.29, 1.82) is 0 Å². The lowest BCUT2D eigenvalue weighted by Gasteiger charge is -2.29. The van der Waals surface area contributed by atoms with E-state index in [0.717, 1.165) is 11.1 Å². The first-order valence-electron chi connectivity index (χ1n) is 12.3. The van der Waals surface area contributed by atoms with Crippen LogP contribution >= 0.6 is 0 Å². The summed E-state index contributed by atoms with van der Waals surface area (Å²) in [7, 11) is 0. The van der Waals surface area contributed by atoms with E-state index < -0.39 is 23.7 Å². The molecule has 1 N–H and O–H groups in total. The average Bonchev–Trinajstić information content (AvgIpc) is 2.93. The van der Waals surface area contributed by atoms with E-state index in [1.165, 1.54) is 4.90 Å². The summed E-state index contributed by atoms with van der Waals surface area (Å²) in [5.74, 6) is -1.11. The van der Waals surface area contributed by atoms with Gasteiger partial charge in [0.05, 0.1) is 12.6 Å². The lowest BCUT2D eigenvalue weighted by atomic mass is 10.0. The number of fused-ring (bicyclic) bond motifs is 1. The van der Waals surface area contributed by atoms with E-state index in [2.05, 4.69) is 5.32 Å². The molecule has 7 nitrogen and oxygen atoms in total. The van der Waals surface area contributed by atoms with Gasteiger partial charge >= 0.3 is 11.9 Å². The van der Waals surface area contributed by atoms with Gasteiger partial charge in [-0.1, -0.05) is 48.5 Å². The number of amides is 1. The second-order valence-corrected chi connectivity index (χ2v) is 9.73. The predicted molar refractivity (Wildman–Crippen MR) is 135 cm³/mol. The number of nitrogens with one attached hydrogen (secondary N) is 1. The molecule has 2 atom stereocenters. The van der Waals surface area contributed by atoms with Crippen molar-refractivity contribution in [3.63, 3.8) is 0 Å². The normalized spacial score (nSPS) is 16.7. The molecule has 3 rings (SSSR count). The van der Waals surface area contributed by atoms with Crippen molar-refractivity contribution < 1.29 is 23.9 Å². The van der Waals surface area contributed by atoms with E-state index >= 15 is 0 Å². The monoisotopic (exact) mass is 480 g/mol. The van der Waals surface area contributed by atoms with E-state index in [-0.39, 0.29) is 25.0 Å². The maximum absolute atomic E-state index is 13.7. The van der Waals surface area contributed by atoms with Gasteiger partial charge in [-0.25, -0.2) is 0 Å². The quantitative estimate of drug-likeness (QED) is 0.549. The van der Waals surface area contributed by atoms with Crippen molar-refractivity contribution in [2.75, 3.05) is 18.1 Å². The minimum atomic E-state index is -0.657. The Morgan fingerprint density at radius 2 is 1.77 bits per heavy atom. The zero-order valence-corrected chi connectivity index (χ0v) is 21.1. The molecule has 0 radical (unpaired) electrons. The fourth-order valence-corrected chi connectivity index (χ4v) is 4.25. The van der Waals surface area contributed by atoms with E-state index in [1.54, 1.807) is 27.7 Å². The molecule has 0 unspecified atom stereocenters. The Balaban J connectivity index is 1.81. The topological polar surface area (TPSA) is 84.9 Å². The number of nitrogens with zero attached hydrogens (tertiary/aromatic N) is 1. The van der Waals surface area contributed by atoms with Gasteiger partial charge in [0.15, 0.2) is 0 Å². The molecule has 0 aromatic heterocycles. The van der Waals surface area contributed by atoms with Gasteiger partial charge in [0, 0.05) is 5.69 Å². The van der Waals surface area contributed by atoms with Gasteiger partial charge < -0.3 is 9.47 Å². The predicted octanol–water partition coefficient (Wildman–Crippen LogP) is 3.83. The third-order valence-electron chi connectivity index (χ3n) is 5.79. The Bertz CT molecular complexity index is 1020. The van der Waals surface area contributed by atoms with Gasteiger partial charge in [-0.3, -0.25) is 24.6 Å². The highest BCUT2D eigenvalue weighted by Crippen LogP contribution is 2.27. The van der Waals surface area contributed by atoms with Crippen LogP contribution in [0.3, 0.4) is 0 Å². The Labute approximate surface area is 207 Å². The molecule has 2 aromatic carbocycles.